The molecule has 2 aromatic carbocycles. The average molecular weight is 550 g/mol. The average Bonchev–Trinajstić information content (AvgIpc) is 2.99. The normalized spacial score (nSPS) is 21.6. The Bertz CT molecular complexity index is 1560. The van der Waals surface area contributed by atoms with Gasteiger partial charge in [-0.25, -0.2) is 21.2 Å². The van der Waals surface area contributed by atoms with Gasteiger partial charge in [-0.15, -0.1) is 0 Å². The number of sulfonamides is 1. The zero-order chi connectivity index (χ0) is 27.5. The molecule has 1 saturated heterocycles. The third-order valence-electron chi connectivity index (χ3n) is 6.32. The van der Waals surface area contributed by atoms with Gasteiger partial charge in [-0.2, -0.15) is 0 Å². The van der Waals surface area contributed by atoms with Crippen LogP contribution in [0.1, 0.15) is 31.9 Å². The number of fused-ring (bicyclic) bond motifs is 1. The lowest BCUT2D eigenvalue weighted by Crippen LogP contribution is -2.44. The molecule has 0 bridgehead atoms. The molecule has 0 saturated carbocycles. The van der Waals surface area contributed by atoms with E-state index < -0.39 is 54.7 Å². The highest BCUT2D eigenvalue weighted by atomic mass is 32.2. The molecule has 0 aliphatic carbocycles. The summed E-state index contributed by atoms with van der Waals surface area (Å²) in [6, 6.07) is 7.49. The molecule has 0 spiro atoms. The number of Topliss-reactive ketones (excluding diaryl/α,β-unsaturated/α-hetero) is 1. The molecule has 0 aromatic heterocycles. The summed E-state index contributed by atoms with van der Waals surface area (Å²) in [5.41, 5.74) is 0.409. The molecule has 2 aromatic rings. The van der Waals surface area contributed by atoms with E-state index in [1.54, 1.807) is 19.1 Å². The molecule has 2 atom stereocenters. The number of hydrogen-bond acceptors (Lipinski definition) is 7. The van der Waals surface area contributed by atoms with Crippen molar-refractivity contribution in [3.05, 3.63) is 53.3 Å². The van der Waals surface area contributed by atoms with Crippen LogP contribution in [0.15, 0.2) is 46.3 Å². The Morgan fingerprint density at radius 1 is 1.14 bits per heavy atom. The summed E-state index contributed by atoms with van der Waals surface area (Å²) >= 11 is 0. The van der Waals surface area contributed by atoms with Gasteiger partial charge in [-0.1, -0.05) is 32.9 Å². The molecule has 198 valence electrons. The van der Waals surface area contributed by atoms with Crippen molar-refractivity contribution >= 4 is 48.6 Å². The standard InChI is InChI=1S/C25H28FN3O6S2/c1-14-10-15(6-8-17(14)26)12-29-23(25(2,3)4)22(30)21(24(29)31)19-13-37(34,35)20-11-16(28-36(5,32)33)7-9-18(20)27-19/h6-11,21,23,28H,12-13H2,1-5H3. The number of carbonyl (C=O) groups is 2. The second-order valence-corrected chi connectivity index (χ2v) is 14.3. The van der Waals surface area contributed by atoms with Gasteiger partial charge in [0.1, 0.15) is 11.7 Å². The van der Waals surface area contributed by atoms with Crippen LogP contribution in [0.5, 0.6) is 0 Å². The van der Waals surface area contributed by atoms with Crippen LogP contribution in [0.25, 0.3) is 0 Å². The van der Waals surface area contributed by atoms with Crippen molar-refractivity contribution in [2.45, 2.75) is 45.2 Å². The Balaban J connectivity index is 1.75. The van der Waals surface area contributed by atoms with Crippen LogP contribution in [-0.4, -0.2) is 57.2 Å². The SMILES string of the molecule is Cc1cc(CN2C(=O)C(C3=Nc4ccc(NS(C)(=O)=O)cc4S(=O)(=O)C3)C(=O)C2C(C)(C)C)ccc1F. The zero-order valence-electron chi connectivity index (χ0n) is 21.1. The number of ketones is 1. The molecule has 4 rings (SSSR count). The number of benzene rings is 2. The van der Waals surface area contributed by atoms with Crippen LogP contribution in [0, 0.1) is 24.1 Å². The Morgan fingerprint density at radius 2 is 1.81 bits per heavy atom. The van der Waals surface area contributed by atoms with Crippen LogP contribution in [0.3, 0.4) is 0 Å². The van der Waals surface area contributed by atoms with Gasteiger partial charge in [0, 0.05) is 12.2 Å². The van der Waals surface area contributed by atoms with Gasteiger partial charge in [0.2, 0.25) is 15.9 Å². The van der Waals surface area contributed by atoms with Crippen LogP contribution < -0.4 is 4.72 Å². The number of hydrogen-bond donors (Lipinski definition) is 1. The first-order valence-electron chi connectivity index (χ1n) is 11.5. The molecule has 1 fully saturated rings. The van der Waals surface area contributed by atoms with E-state index >= 15 is 0 Å². The summed E-state index contributed by atoms with van der Waals surface area (Å²) < 4.78 is 65.4. The third kappa shape index (κ3) is 5.30. The number of nitrogens with zero attached hydrogens (tertiary/aromatic N) is 2. The molecule has 1 N–H and O–H groups in total. The molecule has 0 radical (unpaired) electrons. The molecule has 2 unspecified atom stereocenters. The van der Waals surface area contributed by atoms with Crippen LogP contribution in [0.4, 0.5) is 15.8 Å². The van der Waals surface area contributed by atoms with Crippen molar-refractivity contribution in [2.75, 3.05) is 16.7 Å². The topological polar surface area (TPSA) is 130 Å². The Hall–Kier alpha value is -3.12. The van der Waals surface area contributed by atoms with E-state index in [9.17, 15) is 30.8 Å². The van der Waals surface area contributed by atoms with Gasteiger partial charge in [0.25, 0.3) is 0 Å². The van der Waals surface area contributed by atoms with E-state index in [-0.39, 0.29) is 34.3 Å². The molecule has 1 amide bonds. The molecule has 2 heterocycles. The number of halogens is 1. The number of aryl methyl sites for hydroxylation is 1. The predicted octanol–water partition coefficient (Wildman–Crippen LogP) is 3.01. The lowest BCUT2D eigenvalue weighted by Gasteiger charge is -2.33. The predicted molar refractivity (Wildman–Crippen MR) is 137 cm³/mol. The number of aliphatic imine (C=N–C) groups is 1. The van der Waals surface area contributed by atoms with Crippen molar-refractivity contribution in [1.29, 1.82) is 0 Å². The fourth-order valence-electron chi connectivity index (χ4n) is 4.84. The lowest BCUT2D eigenvalue weighted by molar-refractivity contribution is -0.132. The first kappa shape index (κ1) is 26.9. The van der Waals surface area contributed by atoms with Crippen molar-refractivity contribution in [3.8, 4) is 0 Å². The second kappa shape index (κ2) is 9.02. The molecule has 9 nitrogen and oxygen atoms in total. The number of carbonyl (C=O) groups excluding carboxylic acids is 2. The minimum absolute atomic E-state index is 0.0285. The van der Waals surface area contributed by atoms with E-state index in [1.807, 2.05) is 20.8 Å². The quantitative estimate of drug-likeness (QED) is 0.571. The summed E-state index contributed by atoms with van der Waals surface area (Å²) in [5.74, 6) is -3.40. The number of nitrogens with one attached hydrogen (secondary N) is 1. The fraction of sp³-hybridized carbons (Fsp3) is 0.400. The van der Waals surface area contributed by atoms with Crippen molar-refractivity contribution in [1.82, 2.24) is 4.90 Å². The Kier molecular flexibility index (Phi) is 6.56. The van der Waals surface area contributed by atoms with Crippen molar-refractivity contribution < 1.29 is 30.8 Å². The maximum Gasteiger partial charge on any atom is 0.239 e. The summed E-state index contributed by atoms with van der Waals surface area (Å²) in [6.07, 6.45) is 0.944. The number of amides is 1. The number of sulfone groups is 1. The maximum atomic E-state index is 13.8. The van der Waals surface area contributed by atoms with Gasteiger partial charge in [-0.05, 0) is 47.7 Å². The molecular weight excluding hydrogens is 521 g/mol. The van der Waals surface area contributed by atoms with Gasteiger partial charge in [-0.3, -0.25) is 19.3 Å². The molecular formula is C25H28FN3O6S2. The summed E-state index contributed by atoms with van der Waals surface area (Å²) in [7, 11) is -7.66. The monoisotopic (exact) mass is 549 g/mol. The summed E-state index contributed by atoms with van der Waals surface area (Å²) in [6.45, 7) is 7.12. The Morgan fingerprint density at radius 3 is 2.41 bits per heavy atom. The molecule has 12 heteroatoms. The summed E-state index contributed by atoms with van der Waals surface area (Å²) in [5, 5.41) is 0. The molecule has 37 heavy (non-hydrogen) atoms. The van der Waals surface area contributed by atoms with Crippen LogP contribution in [-0.2, 0) is 36.0 Å². The smallest absolute Gasteiger partial charge is 0.239 e. The van der Waals surface area contributed by atoms with E-state index in [0.29, 0.717) is 11.1 Å². The van der Waals surface area contributed by atoms with Gasteiger partial charge < -0.3 is 4.90 Å². The lowest BCUT2D eigenvalue weighted by atomic mass is 9.82. The first-order chi connectivity index (χ1) is 17.0. The van der Waals surface area contributed by atoms with Crippen molar-refractivity contribution in [2.24, 2.45) is 16.3 Å². The number of anilines is 1. The van der Waals surface area contributed by atoms with Crippen LogP contribution >= 0.6 is 0 Å². The zero-order valence-corrected chi connectivity index (χ0v) is 22.7. The highest BCUT2D eigenvalue weighted by Crippen LogP contribution is 2.39. The highest BCUT2D eigenvalue weighted by Gasteiger charge is 2.54. The minimum Gasteiger partial charge on any atom is -0.327 e. The maximum absolute atomic E-state index is 13.8. The second-order valence-electron chi connectivity index (χ2n) is 10.6. The fourth-order valence-corrected chi connectivity index (χ4v) is 6.91. The van der Waals surface area contributed by atoms with Crippen molar-refractivity contribution in [3.63, 3.8) is 0 Å². The molecule has 2 aliphatic rings. The summed E-state index contributed by atoms with van der Waals surface area (Å²) in [4.78, 5) is 32.9. The van der Waals surface area contributed by atoms with Crippen LogP contribution in [0.2, 0.25) is 0 Å². The van der Waals surface area contributed by atoms with Gasteiger partial charge in [0.15, 0.2) is 15.6 Å². The van der Waals surface area contributed by atoms with E-state index in [0.717, 1.165) is 6.26 Å². The first-order valence-corrected chi connectivity index (χ1v) is 15.0. The minimum atomic E-state index is -4.02. The Labute approximate surface area is 215 Å². The third-order valence-corrected chi connectivity index (χ3v) is 8.60. The number of rotatable bonds is 5. The van der Waals surface area contributed by atoms with E-state index in [1.165, 1.54) is 29.2 Å². The van der Waals surface area contributed by atoms with Gasteiger partial charge >= 0.3 is 0 Å². The largest absolute Gasteiger partial charge is 0.327 e. The van der Waals surface area contributed by atoms with E-state index in [4.69, 9.17) is 0 Å². The highest BCUT2D eigenvalue weighted by molar-refractivity contribution is 7.92. The van der Waals surface area contributed by atoms with E-state index in [2.05, 4.69) is 9.71 Å². The molecule has 2 aliphatic heterocycles. The van der Waals surface area contributed by atoms with Gasteiger partial charge in [0.05, 0.1) is 34.3 Å². The number of likely N-dealkylation sites (tertiary alicyclic amines) is 1.